The van der Waals surface area contributed by atoms with Gasteiger partial charge < -0.3 is 15.5 Å². The van der Waals surface area contributed by atoms with Gasteiger partial charge in [-0.25, -0.2) is 9.37 Å². The number of likely N-dealkylation sites (tertiary alicyclic amines) is 1. The Bertz CT molecular complexity index is 1360. The molecule has 4 aliphatic rings. The molecule has 2 aliphatic heterocycles. The lowest BCUT2D eigenvalue weighted by molar-refractivity contribution is -0.113. The number of aryl methyl sites for hydroxylation is 1. The average molecular weight is 587 g/mol. The van der Waals surface area contributed by atoms with Gasteiger partial charge in [0, 0.05) is 55.5 Å². The number of piperazine rings is 1. The van der Waals surface area contributed by atoms with Crippen LogP contribution in [0.2, 0.25) is 0 Å². The first-order valence-corrected chi connectivity index (χ1v) is 15.8. The number of hydrogen-bond donors (Lipinski definition) is 2. The van der Waals surface area contributed by atoms with Crippen molar-refractivity contribution < 1.29 is 9.18 Å². The van der Waals surface area contributed by atoms with E-state index in [4.69, 9.17) is 4.98 Å². The van der Waals surface area contributed by atoms with Crippen LogP contribution in [-0.2, 0) is 4.79 Å². The minimum Gasteiger partial charge on any atom is -0.380 e. The third-order valence-corrected chi connectivity index (χ3v) is 9.25. The van der Waals surface area contributed by atoms with Gasteiger partial charge in [0.2, 0.25) is 5.78 Å². The van der Waals surface area contributed by atoms with Crippen LogP contribution in [0.25, 0.3) is 0 Å². The molecule has 0 amide bonds. The summed E-state index contributed by atoms with van der Waals surface area (Å²) in [7, 11) is 0. The standard InChI is InChI=1S/C35H47FN6O/c1-7-23(4)18-31(36)26(8-2)21-40-14-12-30(13-15-40)42-17-16-41(22-29(42)9-3)35-24(5)19-28(20-37-35)39-33-32(25(6)34(33)43)38-27-10-11-27/h7-8,18-20,27,29-30,38-39H,1-2,6,9-17,21-22H2,3-5H3/b23-18-,31-26-. The van der Waals surface area contributed by atoms with Crippen molar-refractivity contribution in [1.82, 2.24) is 20.1 Å². The van der Waals surface area contributed by atoms with Gasteiger partial charge in [-0.1, -0.05) is 38.8 Å². The zero-order chi connectivity index (χ0) is 30.7. The summed E-state index contributed by atoms with van der Waals surface area (Å²) < 4.78 is 14.7. The third-order valence-electron chi connectivity index (χ3n) is 9.25. The third kappa shape index (κ3) is 7.02. The Morgan fingerprint density at radius 2 is 1.86 bits per heavy atom. The van der Waals surface area contributed by atoms with Crippen LogP contribution >= 0.6 is 0 Å². The Balaban J connectivity index is 1.17. The van der Waals surface area contributed by atoms with Crippen LogP contribution in [0, 0.1) is 6.92 Å². The molecule has 3 heterocycles. The lowest BCUT2D eigenvalue weighted by Crippen LogP contribution is -2.58. The number of piperidine rings is 1. The molecule has 8 heteroatoms. The molecule has 2 N–H and O–H groups in total. The second-order valence-corrected chi connectivity index (χ2v) is 12.4. The van der Waals surface area contributed by atoms with E-state index in [1.165, 1.54) is 6.08 Å². The molecular weight excluding hydrogens is 539 g/mol. The van der Waals surface area contributed by atoms with Crippen molar-refractivity contribution >= 4 is 17.3 Å². The van der Waals surface area contributed by atoms with E-state index in [0.29, 0.717) is 41.5 Å². The monoisotopic (exact) mass is 586 g/mol. The fourth-order valence-electron chi connectivity index (χ4n) is 6.43. The maximum atomic E-state index is 14.7. The Hall–Kier alpha value is -3.49. The number of nitrogens with zero attached hydrogens (tertiary/aromatic N) is 4. The molecule has 1 aromatic rings. The number of carbonyl (C=O) groups excluding carboxylic acids is 1. The summed E-state index contributed by atoms with van der Waals surface area (Å²) in [4.78, 5) is 24.8. The molecule has 0 radical (unpaired) electrons. The summed E-state index contributed by atoms with van der Waals surface area (Å²) in [5, 5.41) is 6.72. The van der Waals surface area contributed by atoms with Crippen LogP contribution in [-0.4, -0.2) is 78.0 Å². The highest BCUT2D eigenvalue weighted by molar-refractivity contribution is 6.20. The number of halogens is 1. The smallest absolute Gasteiger partial charge is 0.212 e. The summed E-state index contributed by atoms with van der Waals surface area (Å²) in [5.41, 5.74) is 5.37. The van der Waals surface area contributed by atoms with E-state index < -0.39 is 0 Å². The molecule has 230 valence electrons. The number of aromatic nitrogens is 1. The maximum Gasteiger partial charge on any atom is 0.212 e. The van der Waals surface area contributed by atoms with Gasteiger partial charge in [0.25, 0.3) is 0 Å². The van der Waals surface area contributed by atoms with E-state index in [-0.39, 0.29) is 11.6 Å². The zero-order valence-electron chi connectivity index (χ0n) is 26.1. The number of anilines is 2. The highest BCUT2D eigenvalue weighted by Crippen LogP contribution is 2.33. The summed E-state index contributed by atoms with van der Waals surface area (Å²) in [6.07, 6.45) is 12.2. The fourth-order valence-corrected chi connectivity index (χ4v) is 6.43. The molecule has 2 saturated heterocycles. The molecule has 1 saturated carbocycles. The maximum absolute atomic E-state index is 14.7. The van der Waals surface area contributed by atoms with E-state index in [9.17, 15) is 9.18 Å². The van der Waals surface area contributed by atoms with Crippen molar-refractivity contribution in [3.63, 3.8) is 0 Å². The van der Waals surface area contributed by atoms with Crippen LogP contribution < -0.4 is 15.5 Å². The van der Waals surface area contributed by atoms with Gasteiger partial charge in [-0.05, 0) is 82.3 Å². The Labute approximate surface area is 256 Å². The van der Waals surface area contributed by atoms with Crippen molar-refractivity contribution in [2.24, 2.45) is 0 Å². The number of nitrogens with one attached hydrogen (secondary N) is 2. The molecular formula is C35H47FN6O. The van der Waals surface area contributed by atoms with Gasteiger partial charge >= 0.3 is 0 Å². The van der Waals surface area contributed by atoms with E-state index >= 15 is 0 Å². The molecule has 3 fully saturated rings. The van der Waals surface area contributed by atoms with Crippen molar-refractivity contribution in [3.05, 3.63) is 89.7 Å². The van der Waals surface area contributed by atoms with Gasteiger partial charge in [-0.3, -0.25) is 14.6 Å². The van der Waals surface area contributed by atoms with E-state index in [1.54, 1.807) is 12.2 Å². The number of ketones is 1. The first-order chi connectivity index (χ1) is 20.7. The Morgan fingerprint density at radius 1 is 1.12 bits per heavy atom. The van der Waals surface area contributed by atoms with E-state index in [1.807, 2.05) is 13.1 Å². The normalized spacial score (nSPS) is 23.2. The highest BCUT2D eigenvalue weighted by Gasteiger charge is 2.36. The van der Waals surface area contributed by atoms with Gasteiger partial charge in [-0.2, -0.15) is 0 Å². The van der Waals surface area contributed by atoms with Crippen molar-refractivity contribution in [3.8, 4) is 0 Å². The summed E-state index contributed by atoms with van der Waals surface area (Å²) in [5.74, 6) is 0.761. The summed E-state index contributed by atoms with van der Waals surface area (Å²) in [6, 6.07) is 3.54. The second-order valence-electron chi connectivity index (χ2n) is 12.4. The SMILES string of the molecule is C=C/C(C)=C\C(F)=C(/C=C)CN1CCC(N2CCN(c3ncc(NC4=C(NC5CC5)C(=C)C4=O)cc3C)CC2CC)CC1. The average Bonchev–Trinajstić information content (AvgIpc) is 3.85. The number of rotatable bonds is 12. The van der Waals surface area contributed by atoms with E-state index in [0.717, 1.165) is 93.2 Å². The van der Waals surface area contributed by atoms with Gasteiger partial charge in [0.1, 0.15) is 17.3 Å². The molecule has 1 unspecified atom stereocenters. The molecule has 43 heavy (non-hydrogen) atoms. The van der Waals surface area contributed by atoms with Crippen molar-refractivity contribution in [1.29, 1.82) is 0 Å². The Morgan fingerprint density at radius 3 is 2.49 bits per heavy atom. The topological polar surface area (TPSA) is 63.7 Å². The first-order valence-electron chi connectivity index (χ1n) is 15.8. The molecule has 5 rings (SSSR count). The lowest BCUT2D eigenvalue weighted by atomic mass is 9.92. The molecule has 2 aliphatic carbocycles. The van der Waals surface area contributed by atoms with E-state index in [2.05, 4.69) is 65.0 Å². The van der Waals surface area contributed by atoms with Gasteiger partial charge in [0.05, 0.1) is 17.6 Å². The van der Waals surface area contributed by atoms with Crippen molar-refractivity contribution in [2.45, 2.75) is 71.0 Å². The van der Waals surface area contributed by atoms with Gasteiger partial charge in [-0.15, -0.1) is 0 Å². The number of carbonyl (C=O) groups is 1. The molecule has 1 atom stereocenters. The van der Waals surface area contributed by atoms with Crippen molar-refractivity contribution in [2.75, 3.05) is 49.5 Å². The predicted octanol–water partition coefficient (Wildman–Crippen LogP) is 5.81. The van der Waals surface area contributed by atoms with Crippen LogP contribution in [0.1, 0.15) is 51.5 Å². The minimum atomic E-state index is -0.223. The molecule has 1 aromatic heterocycles. The molecule has 0 spiro atoms. The number of hydrogen-bond acceptors (Lipinski definition) is 7. The Kier molecular flexibility index (Phi) is 9.67. The minimum absolute atomic E-state index is 0.0295. The van der Waals surface area contributed by atoms with Crippen LogP contribution in [0.5, 0.6) is 0 Å². The summed E-state index contributed by atoms with van der Waals surface area (Å²) >= 11 is 0. The largest absolute Gasteiger partial charge is 0.380 e. The number of Topliss-reactive ketones (excluding diaryl/α,β-unsaturated/α-hetero) is 1. The quantitative estimate of drug-likeness (QED) is 0.237. The number of allylic oxidation sites excluding steroid dienone is 6. The molecule has 0 aromatic carbocycles. The predicted molar refractivity (Wildman–Crippen MR) is 175 cm³/mol. The van der Waals surface area contributed by atoms with Gasteiger partial charge in [0.15, 0.2) is 0 Å². The fraction of sp³-hybridized carbons (Fsp3) is 0.486. The lowest BCUT2D eigenvalue weighted by Gasteiger charge is -2.48. The zero-order valence-corrected chi connectivity index (χ0v) is 26.1. The van der Waals surface area contributed by atoms with Crippen LogP contribution in [0.4, 0.5) is 15.9 Å². The summed E-state index contributed by atoms with van der Waals surface area (Å²) in [6.45, 7) is 23.1. The van der Waals surface area contributed by atoms with Crippen LogP contribution in [0.3, 0.4) is 0 Å². The highest BCUT2D eigenvalue weighted by atomic mass is 19.1. The number of pyridine rings is 1. The van der Waals surface area contributed by atoms with Crippen LogP contribution in [0.15, 0.2) is 84.2 Å². The first kappa shape index (κ1) is 31.0. The second kappa shape index (κ2) is 13.4. The molecule has 0 bridgehead atoms. The molecule has 7 nitrogen and oxygen atoms in total.